The molecule has 0 aliphatic carbocycles. The fourth-order valence-electron chi connectivity index (χ4n) is 2.20. The summed E-state index contributed by atoms with van der Waals surface area (Å²) in [5.41, 5.74) is 1.22. The molecule has 2 rings (SSSR count). The zero-order valence-electron chi connectivity index (χ0n) is 10.2. The molecule has 1 fully saturated rings. The first-order valence-corrected chi connectivity index (χ1v) is 6.92. The molecule has 1 aliphatic rings. The van der Waals surface area contributed by atoms with Gasteiger partial charge >= 0.3 is 0 Å². The minimum Gasteiger partial charge on any atom is -0.316 e. The molecule has 2 heterocycles. The van der Waals surface area contributed by atoms with Crippen LogP contribution in [-0.4, -0.2) is 36.6 Å². The lowest BCUT2D eigenvalue weighted by Gasteiger charge is -2.17. The zero-order chi connectivity index (χ0) is 11.4. The molecule has 0 saturated carbocycles. The summed E-state index contributed by atoms with van der Waals surface area (Å²) in [7, 11) is 2.19. The van der Waals surface area contributed by atoms with E-state index in [2.05, 4.69) is 34.6 Å². The molecule has 3 nitrogen and oxygen atoms in total. The van der Waals surface area contributed by atoms with E-state index in [1.807, 2.05) is 0 Å². The summed E-state index contributed by atoms with van der Waals surface area (Å²) >= 11 is 1.74. The minimum absolute atomic E-state index is 0.889. The number of nitrogens with zero attached hydrogens (tertiary/aromatic N) is 2. The Hall–Kier alpha value is -0.450. The van der Waals surface area contributed by atoms with Gasteiger partial charge < -0.3 is 10.2 Å². The van der Waals surface area contributed by atoms with Gasteiger partial charge in [-0.3, -0.25) is 0 Å². The number of hydrogen-bond acceptors (Lipinski definition) is 4. The van der Waals surface area contributed by atoms with Crippen LogP contribution in [0.5, 0.6) is 0 Å². The van der Waals surface area contributed by atoms with Gasteiger partial charge in [0, 0.05) is 11.9 Å². The lowest BCUT2D eigenvalue weighted by Crippen LogP contribution is -2.22. The normalized spacial score (nSPS) is 20.8. The van der Waals surface area contributed by atoms with E-state index in [0.29, 0.717) is 0 Å². The zero-order valence-corrected chi connectivity index (χ0v) is 11.0. The van der Waals surface area contributed by atoms with Gasteiger partial charge in [0.05, 0.1) is 10.7 Å². The van der Waals surface area contributed by atoms with E-state index in [1.165, 1.54) is 43.2 Å². The predicted octanol–water partition coefficient (Wildman–Crippen LogP) is 1.88. The van der Waals surface area contributed by atoms with Crippen LogP contribution in [0.3, 0.4) is 0 Å². The minimum atomic E-state index is 0.889. The summed E-state index contributed by atoms with van der Waals surface area (Å²) in [4.78, 5) is 6.88. The van der Waals surface area contributed by atoms with Crippen molar-refractivity contribution in [2.45, 2.75) is 26.3 Å². The molecule has 1 aromatic rings. The Balaban J connectivity index is 1.69. The number of nitrogens with one attached hydrogen (secondary N) is 1. The molecular formula is C12H21N3S. The highest BCUT2D eigenvalue weighted by molar-refractivity contribution is 7.09. The Labute approximate surface area is 102 Å². The average Bonchev–Trinajstić information content (AvgIpc) is 2.87. The summed E-state index contributed by atoms with van der Waals surface area (Å²) in [6.45, 7) is 6.66. The smallest absolute Gasteiger partial charge is 0.0897 e. The van der Waals surface area contributed by atoms with Crippen LogP contribution in [0.15, 0.2) is 5.38 Å². The first-order valence-electron chi connectivity index (χ1n) is 6.04. The van der Waals surface area contributed by atoms with Gasteiger partial charge in [-0.1, -0.05) is 0 Å². The second-order valence-electron chi connectivity index (χ2n) is 4.74. The van der Waals surface area contributed by atoms with Crippen LogP contribution < -0.4 is 5.32 Å². The molecule has 0 bridgehead atoms. The Morgan fingerprint density at radius 1 is 1.62 bits per heavy atom. The molecule has 1 aromatic heterocycles. The van der Waals surface area contributed by atoms with Crippen molar-refractivity contribution in [2.24, 2.45) is 5.92 Å². The summed E-state index contributed by atoms with van der Waals surface area (Å²) in [6.07, 6.45) is 2.66. The van der Waals surface area contributed by atoms with Gasteiger partial charge in [0.2, 0.25) is 0 Å². The maximum absolute atomic E-state index is 4.49. The molecule has 1 saturated heterocycles. The average molecular weight is 239 g/mol. The fourth-order valence-corrected chi connectivity index (χ4v) is 2.80. The Kier molecular flexibility index (Phi) is 4.32. The van der Waals surface area contributed by atoms with Gasteiger partial charge in [-0.2, -0.15) is 0 Å². The topological polar surface area (TPSA) is 28.2 Å². The highest BCUT2D eigenvalue weighted by Crippen LogP contribution is 2.14. The largest absolute Gasteiger partial charge is 0.316 e. The van der Waals surface area contributed by atoms with Crippen LogP contribution in [-0.2, 0) is 6.54 Å². The third-order valence-electron chi connectivity index (χ3n) is 3.18. The van der Waals surface area contributed by atoms with Crippen LogP contribution in [0, 0.1) is 12.8 Å². The summed E-state index contributed by atoms with van der Waals surface area (Å²) in [5.74, 6) is 0.889. The van der Waals surface area contributed by atoms with Crippen molar-refractivity contribution in [3.8, 4) is 0 Å². The number of hydrogen-bond donors (Lipinski definition) is 1. The monoisotopic (exact) mass is 239 g/mol. The van der Waals surface area contributed by atoms with Gasteiger partial charge in [0.15, 0.2) is 0 Å². The van der Waals surface area contributed by atoms with Crippen LogP contribution in [0.25, 0.3) is 0 Å². The van der Waals surface area contributed by atoms with Crippen molar-refractivity contribution in [2.75, 3.05) is 26.7 Å². The van der Waals surface area contributed by atoms with E-state index in [1.54, 1.807) is 11.3 Å². The molecular weight excluding hydrogens is 218 g/mol. The number of rotatable bonds is 5. The predicted molar refractivity (Wildman–Crippen MR) is 68.8 cm³/mol. The van der Waals surface area contributed by atoms with E-state index >= 15 is 0 Å². The second-order valence-corrected chi connectivity index (χ2v) is 5.81. The standard InChI is InChI=1S/C12H21N3S/c1-10-14-12(9-16-10)8-15(2)6-4-11-3-5-13-7-11/h9,11,13H,3-8H2,1-2H3. The van der Waals surface area contributed by atoms with Crippen molar-refractivity contribution in [1.29, 1.82) is 0 Å². The molecule has 1 unspecified atom stereocenters. The third kappa shape index (κ3) is 3.54. The Morgan fingerprint density at radius 2 is 2.50 bits per heavy atom. The van der Waals surface area contributed by atoms with Crippen LogP contribution in [0.1, 0.15) is 23.5 Å². The van der Waals surface area contributed by atoms with Crippen molar-refractivity contribution in [3.63, 3.8) is 0 Å². The molecule has 0 radical (unpaired) electrons. The van der Waals surface area contributed by atoms with E-state index in [-0.39, 0.29) is 0 Å². The van der Waals surface area contributed by atoms with Crippen LogP contribution in [0.2, 0.25) is 0 Å². The fraction of sp³-hybridized carbons (Fsp3) is 0.750. The first kappa shape index (κ1) is 12.0. The van der Waals surface area contributed by atoms with Crippen molar-refractivity contribution in [3.05, 3.63) is 16.1 Å². The number of aromatic nitrogens is 1. The molecule has 0 aromatic carbocycles. The van der Waals surface area contributed by atoms with Gasteiger partial charge in [-0.25, -0.2) is 4.98 Å². The molecule has 1 aliphatic heterocycles. The summed E-state index contributed by atoms with van der Waals surface area (Å²) in [6, 6.07) is 0. The molecule has 0 spiro atoms. The lowest BCUT2D eigenvalue weighted by atomic mass is 10.1. The maximum Gasteiger partial charge on any atom is 0.0897 e. The highest BCUT2D eigenvalue weighted by Gasteiger charge is 2.14. The quantitative estimate of drug-likeness (QED) is 0.850. The van der Waals surface area contributed by atoms with Crippen molar-refractivity contribution < 1.29 is 0 Å². The highest BCUT2D eigenvalue weighted by atomic mass is 32.1. The van der Waals surface area contributed by atoms with Gasteiger partial charge in [0.25, 0.3) is 0 Å². The number of thiazole rings is 1. The van der Waals surface area contributed by atoms with Gasteiger partial charge in [-0.05, 0) is 52.4 Å². The van der Waals surface area contributed by atoms with Gasteiger partial charge in [-0.15, -0.1) is 11.3 Å². The Morgan fingerprint density at radius 3 is 3.12 bits per heavy atom. The molecule has 4 heteroatoms. The van der Waals surface area contributed by atoms with Crippen molar-refractivity contribution >= 4 is 11.3 Å². The van der Waals surface area contributed by atoms with Crippen LogP contribution in [0.4, 0.5) is 0 Å². The summed E-state index contributed by atoms with van der Waals surface area (Å²) in [5, 5.41) is 6.76. The van der Waals surface area contributed by atoms with Crippen molar-refractivity contribution in [1.82, 2.24) is 15.2 Å². The summed E-state index contributed by atoms with van der Waals surface area (Å²) < 4.78 is 0. The lowest BCUT2D eigenvalue weighted by molar-refractivity contribution is 0.295. The molecule has 1 atom stereocenters. The molecule has 90 valence electrons. The molecule has 1 N–H and O–H groups in total. The van der Waals surface area contributed by atoms with Crippen LogP contribution >= 0.6 is 11.3 Å². The first-order chi connectivity index (χ1) is 7.74. The number of aryl methyl sites for hydroxylation is 1. The SMILES string of the molecule is Cc1nc(CN(C)CCC2CCNC2)cs1. The maximum atomic E-state index is 4.49. The van der Waals surface area contributed by atoms with E-state index < -0.39 is 0 Å². The van der Waals surface area contributed by atoms with E-state index in [9.17, 15) is 0 Å². The van der Waals surface area contributed by atoms with E-state index in [0.717, 1.165) is 12.5 Å². The van der Waals surface area contributed by atoms with E-state index in [4.69, 9.17) is 0 Å². The Bertz CT molecular complexity index is 318. The molecule has 0 amide bonds. The molecule has 16 heavy (non-hydrogen) atoms. The van der Waals surface area contributed by atoms with Gasteiger partial charge in [0.1, 0.15) is 0 Å². The second kappa shape index (κ2) is 5.75. The third-order valence-corrected chi connectivity index (χ3v) is 4.00.